The van der Waals surface area contributed by atoms with Gasteiger partial charge in [-0.2, -0.15) is 0 Å². The first-order valence-electron chi connectivity index (χ1n) is 7.46. The Morgan fingerprint density at radius 2 is 1.62 bits per heavy atom. The lowest BCUT2D eigenvalue weighted by atomic mass is 9.84. The zero-order valence-electron chi connectivity index (χ0n) is 14.4. The summed E-state index contributed by atoms with van der Waals surface area (Å²) in [6.45, 7) is 16.1. The molecule has 1 rings (SSSR count). The summed E-state index contributed by atoms with van der Waals surface area (Å²) in [6, 6.07) is 8.26. The third-order valence-electron chi connectivity index (χ3n) is 4.44. The first-order valence-corrected chi connectivity index (χ1v) is 10.4. The number of hydrogen-bond acceptors (Lipinski definition) is 2. The fourth-order valence-corrected chi connectivity index (χ4v) is 2.85. The number of rotatable bonds is 6. The molecule has 0 atom stereocenters. The van der Waals surface area contributed by atoms with Crippen LogP contribution in [-0.4, -0.2) is 21.3 Å². The van der Waals surface area contributed by atoms with Crippen LogP contribution in [0.3, 0.4) is 0 Å². The molecular formula is C17H29NO2Si. The molecule has 0 spiro atoms. The van der Waals surface area contributed by atoms with E-state index in [1.165, 1.54) is 5.56 Å². The molecule has 1 amide bonds. The van der Waals surface area contributed by atoms with E-state index in [1.54, 1.807) is 0 Å². The lowest BCUT2D eigenvalue weighted by Crippen LogP contribution is -2.43. The Labute approximate surface area is 130 Å². The van der Waals surface area contributed by atoms with Crippen molar-refractivity contribution in [3.05, 3.63) is 29.8 Å². The fourth-order valence-electron chi connectivity index (χ4n) is 1.82. The molecule has 0 aliphatic carbocycles. The lowest BCUT2D eigenvalue weighted by molar-refractivity contribution is -0.109. The third kappa shape index (κ3) is 4.60. The molecule has 0 aromatic heterocycles. The molecule has 0 heterocycles. The predicted molar refractivity (Wildman–Crippen MR) is 91.4 cm³/mol. The molecule has 3 nitrogen and oxygen atoms in total. The first kappa shape index (κ1) is 17.8. The number of carbonyl (C=O) groups is 1. The van der Waals surface area contributed by atoms with E-state index in [4.69, 9.17) is 4.43 Å². The van der Waals surface area contributed by atoms with E-state index in [0.29, 0.717) is 6.54 Å². The maximum absolute atomic E-state index is 10.5. The van der Waals surface area contributed by atoms with Gasteiger partial charge in [0.1, 0.15) is 5.75 Å². The van der Waals surface area contributed by atoms with Crippen LogP contribution in [0.2, 0.25) is 18.1 Å². The normalized spacial score (nSPS) is 12.9. The highest BCUT2D eigenvalue weighted by molar-refractivity contribution is 6.74. The summed E-state index contributed by atoms with van der Waals surface area (Å²) in [5.41, 5.74) is 1.11. The van der Waals surface area contributed by atoms with Crippen molar-refractivity contribution < 1.29 is 9.22 Å². The van der Waals surface area contributed by atoms with Crippen LogP contribution in [0.5, 0.6) is 5.75 Å². The largest absolute Gasteiger partial charge is 0.544 e. The van der Waals surface area contributed by atoms with Gasteiger partial charge in [-0.3, -0.25) is 4.79 Å². The first-order chi connectivity index (χ1) is 9.49. The molecule has 0 bridgehead atoms. The number of nitrogens with one attached hydrogen (secondary N) is 1. The van der Waals surface area contributed by atoms with Crippen LogP contribution < -0.4 is 9.74 Å². The van der Waals surface area contributed by atoms with Crippen LogP contribution >= 0.6 is 0 Å². The van der Waals surface area contributed by atoms with Crippen LogP contribution in [0.1, 0.15) is 40.2 Å². The quantitative estimate of drug-likeness (QED) is 0.635. The summed E-state index contributed by atoms with van der Waals surface area (Å²) in [6.07, 6.45) is 0.747. The molecule has 0 aliphatic heterocycles. The van der Waals surface area contributed by atoms with E-state index >= 15 is 0 Å². The molecule has 21 heavy (non-hydrogen) atoms. The van der Waals surface area contributed by atoms with Crippen molar-refractivity contribution in [1.29, 1.82) is 0 Å². The molecule has 118 valence electrons. The van der Waals surface area contributed by atoms with E-state index in [9.17, 15) is 4.79 Å². The Bertz CT molecular complexity index is 473. The minimum Gasteiger partial charge on any atom is -0.544 e. The van der Waals surface area contributed by atoms with Gasteiger partial charge in [-0.05, 0) is 35.8 Å². The SMILES string of the molecule is CC(C)(CNC=O)c1ccc(O[Si](C)(C)C(C)(C)C)cc1. The van der Waals surface area contributed by atoms with Gasteiger partial charge in [-0.25, -0.2) is 0 Å². The monoisotopic (exact) mass is 307 g/mol. The van der Waals surface area contributed by atoms with Crippen molar-refractivity contribution in [2.24, 2.45) is 0 Å². The van der Waals surface area contributed by atoms with Crippen molar-refractivity contribution in [3.63, 3.8) is 0 Å². The van der Waals surface area contributed by atoms with Crippen molar-refractivity contribution in [3.8, 4) is 5.75 Å². The van der Waals surface area contributed by atoms with Gasteiger partial charge in [-0.1, -0.05) is 46.8 Å². The molecule has 0 fully saturated rings. The molecule has 0 saturated carbocycles. The Morgan fingerprint density at radius 1 is 1.10 bits per heavy atom. The average molecular weight is 308 g/mol. The van der Waals surface area contributed by atoms with Crippen molar-refractivity contribution in [2.75, 3.05) is 6.54 Å². The topological polar surface area (TPSA) is 38.3 Å². The second-order valence-electron chi connectivity index (χ2n) is 7.77. The summed E-state index contributed by atoms with van der Waals surface area (Å²) in [5, 5.41) is 2.95. The van der Waals surface area contributed by atoms with Gasteiger partial charge < -0.3 is 9.74 Å². The van der Waals surface area contributed by atoms with E-state index in [1.807, 2.05) is 12.1 Å². The zero-order valence-corrected chi connectivity index (χ0v) is 15.4. The molecular weight excluding hydrogens is 278 g/mol. The van der Waals surface area contributed by atoms with E-state index < -0.39 is 8.32 Å². The average Bonchev–Trinajstić information content (AvgIpc) is 2.35. The van der Waals surface area contributed by atoms with Gasteiger partial charge in [0.2, 0.25) is 14.7 Å². The highest BCUT2D eigenvalue weighted by Crippen LogP contribution is 2.37. The Morgan fingerprint density at radius 3 is 2.05 bits per heavy atom. The molecule has 4 heteroatoms. The molecule has 0 unspecified atom stereocenters. The fraction of sp³-hybridized carbons (Fsp3) is 0.588. The summed E-state index contributed by atoms with van der Waals surface area (Å²) in [5.74, 6) is 0.935. The van der Waals surface area contributed by atoms with E-state index in [2.05, 4.69) is 65.2 Å². The van der Waals surface area contributed by atoms with Gasteiger partial charge in [0.15, 0.2) is 0 Å². The Kier molecular flexibility index (Phi) is 5.26. The maximum Gasteiger partial charge on any atom is 0.250 e. The second-order valence-corrected chi connectivity index (χ2v) is 12.5. The van der Waals surface area contributed by atoms with Crippen LogP contribution in [0, 0.1) is 0 Å². The summed E-state index contributed by atoms with van der Waals surface area (Å²) in [4.78, 5) is 10.5. The molecule has 1 aromatic rings. The van der Waals surface area contributed by atoms with Crippen LogP contribution in [0.15, 0.2) is 24.3 Å². The molecule has 1 aromatic carbocycles. The van der Waals surface area contributed by atoms with Crippen LogP contribution in [-0.2, 0) is 10.2 Å². The number of hydrogen-bond donors (Lipinski definition) is 1. The van der Waals surface area contributed by atoms with Crippen LogP contribution in [0.25, 0.3) is 0 Å². The number of carbonyl (C=O) groups excluding carboxylic acids is 1. The van der Waals surface area contributed by atoms with Crippen molar-refractivity contribution >= 4 is 14.7 Å². The highest BCUT2D eigenvalue weighted by atomic mass is 28.4. The minimum absolute atomic E-state index is 0.0869. The van der Waals surface area contributed by atoms with Gasteiger partial charge in [0.25, 0.3) is 0 Å². The van der Waals surface area contributed by atoms with Crippen LogP contribution in [0.4, 0.5) is 0 Å². The second kappa shape index (κ2) is 6.22. The van der Waals surface area contributed by atoms with Gasteiger partial charge in [0.05, 0.1) is 0 Å². The molecule has 0 radical (unpaired) electrons. The summed E-state index contributed by atoms with van der Waals surface area (Å²) in [7, 11) is -1.79. The van der Waals surface area contributed by atoms with Gasteiger partial charge >= 0.3 is 0 Å². The third-order valence-corrected chi connectivity index (χ3v) is 8.80. The summed E-state index contributed by atoms with van der Waals surface area (Å²) >= 11 is 0. The van der Waals surface area contributed by atoms with Gasteiger partial charge in [-0.15, -0.1) is 0 Å². The molecule has 1 N–H and O–H groups in total. The lowest BCUT2D eigenvalue weighted by Gasteiger charge is -2.36. The van der Waals surface area contributed by atoms with Crippen molar-refractivity contribution in [2.45, 2.75) is 58.2 Å². The summed E-state index contributed by atoms with van der Waals surface area (Å²) < 4.78 is 6.28. The standard InChI is InChI=1S/C17H29NO2Si/c1-16(2,3)21(6,7)20-15-10-8-14(9-11-15)17(4,5)12-18-13-19/h8-11,13H,12H2,1-7H3,(H,18,19). The number of benzene rings is 1. The van der Waals surface area contributed by atoms with E-state index in [0.717, 1.165) is 12.2 Å². The highest BCUT2D eigenvalue weighted by Gasteiger charge is 2.38. The number of amides is 1. The molecule has 0 saturated heterocycles. The Balaban J connectivity index is 2.86. The van der Waals surface area contributed by atoms with Gasteiger partial charge in [0, 0.05) is 12.0 Å². The van der Waals surface area contributed by atoms with Crippen molar-refractivity contribution in [1.82, 2.24) is 5.32 Å². The molecule has 0 aliphatic rings. The minimum atomic E-state index is -1.79. The Hall–Kier alpha value is -1.29. The smallest absolute Gasteiger partial charge is 0.250 e. The zero-order chi connectivity index (χ0) is 16.3. The predicted octanol–water partition coefficient (Wildman–Crippen LogP) is 4.09. The van der Waals surface area contributed by atoms with E-state index in [-0.39, 0.29) is 10.5 Å². The maximum atomic E-state index is 10.5.